The van der Waals surface area contributed by atoms with Crippen LogP contribution in [0, 0.1) is 5.82 Å². The Balaban J connectivity index is 1.26. The molecular weight excluding hydrogens is 475 g/mol. The second kappa shape index (κ2) is 9.82. The van der Waals surface area contributed by atoms with Crippen LogP contribution >= 0.6 is 0 Å². The zero-order chi connectivity index (χ0) is 25.2. The Bertz CT molecular complexity index is 1450. The van der Waals surface area contributed by atoms with Gasteiger partial charge < -0.3 is 24.7 Å². The Morgan fingerprint density at radius 3 is 2.49 bits per heavy atom. The number of anilines is 3. The Hall–Kier alpha value is -4.57. The van der Waals surface area contributed by atoms with Crippen LogP contribution in [0.3, 0.4) is 0 Å². The first-order chi connectivity index (χ1) is 18.2. The molecule has 1 fully saturated rings. The SMILES string of the molecule is O=C1Nc2c(F)cccc2C(c2ccccc2)=NC1Nc1nnc(-c2ccc(N3CCOCC3)cc2)o1. The van der Waals surface area contributed by atoms with Gasteiger partial charge >= 0.3 is 6.01 Å². The predicted octanol–water partition coefficient (Wildman–Crippen LogP) is 3.94. The number of aromatic nitrogens is 2. The van der Waals surface area contributed by atoms with Crippen LogP contribution in [-0.2, 0) is 9.53 Å². The number of hydrogen-bond acceptors (Lipinski definition) is 8. The lowest BCUT2D eigenvalue weighted by molar-refractivity contribution is -0.116. The molecule has 0 saturated carbocycles. The maximum absolute atomic E-state index is 14.7. The summed E-state index contributed by atoms with van der Waals surface area (Å²) in [7, 11) is 0. The number of hydrogen-bond donors (Lipinski definition) is 2. The lowest BCUT2D eigenvalue weighted by Gasteiger charge is -2.28. The van der Waals surface area contributed by atoms with Crippen molar-refractivity contribution in [1.29, 1.82) is 0 Å². The van der Waals surface area contributed by atoms with E-state index in [9.17, 15) is 9.18 Å². The highest BCUT2D eigenvalue weighted by molar-refractivity contribution is 6.19. The molecular formula is C27H23FN6O3. The topological polar surface area (TPSA) is 105 Å². The van der Waals surface area contributed by atoms with Gasteiger partial charge in [-0.15, -0.1) is 5.10 Å². The van der Waals surface area contributed by atoms with Crippen LogP contribution in [0.25, 0.3) is 11.5 Å². The van der Waals surface area contributed by atoms with Gasteiger partial charge in [0.2, 0.25) is 12.1 Å². The first-order valence-corrected chi connectivity index (χ1v) is 11.9. The van der Waals surface area contributed by atoms with Crippen LogP contribution in [0.5, 0.6) is 0 Å². The number of morpholine rings is 1. The second-order valence-corrected chi connectivity index (χ2v) is 8.60. The summed E-state index contributed by atoms with van der Waals surface area (Å²) in [5, 5.41) is 13.7. The van der Waals surface area contributed by atoms with E-state index in [0.717, 1.165) is 29.9 Å². The molecule has 1 aromatic heterocycles. The molecule has 2 aliphatic rings. The monoisotopic (exact) mass is 498 g/mol. The van der Waals surface area contributed by atoms with Crippen molar-refractivity contribution in [2.24, 2.45) is 4.99 Å². The molecule has 1 saturated heterocycles. The Labute approximate surface area is 212 Å². The summed E-state index contributed by atoms with van der Waals surface area (Å²) in [4.78, 5) is 19.9. The van der Waals surface area contributed by atoms with E-state index in [2.05, 4.69) is 30.7 Å². The Morgan fingerprint density at radius 2 is 1.70 bits per heavy atom. The molecule has 1 unspecified atom stereocenters. The van der Waals surface area contributed by atoms with Crippen LogP contribution in [-0.4, -0.2) is 54.3 Å². The molecule has 0 spiro atoms. The van der Waals surface area contributed by atoms with Crippen LogP contribution in [0.2, 0.25) is 0 Å². The van der Waals surface area contributed by atoms with Crippen molar-refractivity contribution in [2.45, 2.75) is 6.17 Å². The number of carbonyl (C=O) groups is 1. The van der Waals surface area contributed by atoms with Crippen LogP contribution in [0.15, 0.2) is 82.2 Å². The molecule has 3 heterocycles. The van der Waals surface area contributed by atoms with E-state index in [1.54, 1.807) is 12.1 Å². The fourth-order valence-electron chi connectivity index (χ4n) is 4.37. The maximum Gasteiger partial charge on any atom is 0.317 e. The molecule has 0 radical (unpaired) electrons. The number of para-hydroxylation sites is 1. The summed E-state index contributed by atoms with van der Waals surface area (Å²) in [5.74, 6) is -0.797. The number of halogens is 1. The molecule has 6 rings (SSSR count). The van der Waals surface area contributed by atoms with Crippen molar-refractivity contribution in [3.8, 4) is 11.5 Å². The standard InChI is InChI=1S/C27H23FN6O3/c28-21-8-4-7-20-22(17-5-2-1-3-6-17)29-24(25(35)30-23(20)21)31-27-33-32-26(37-27)18-9-11-19(12-10-18)34-13-15-36-16-14-34/h1-12,24H,13-16H2,(H,30,35)(H,31,33). The summed E-state index contributed by atoms with van der Waals surface area (Å²) in [5.41, 5.74) is 3.59. The number of carbonyl (C=O) groups excluding carboxylic acids is 1. The van der Waals surface area contributed by atoms with Crippen LogP contribution < -0.4 is 15.5 Å². The minimum atomic E-state index is -1.13. The number of nitrogens with one attached hydrogen (secondary N) is 2. The molecule has 0 bridgehead atoms. The molecule has 2 aliphatic heterocycles. The van der Waals surface area contributed by atoms with E-state index in [0.29, 0.717) is 30.4 Å². The zero-order valence-electron chi connectivity index (χ0n) is 19.7. The molecule has 3 aromatic carbocycles. The highest BCUT2D eigenvalue weighted by Crippen LogP contribution is 2.28. The van der Waals surface area contributed by atoms with E-state index < -0.39 is 17.9 Å². The van der Waals surface area contributed by atoms with E-state index >= 15 is 0 Å². The molecule has 4 aromatic rings. The van der Waals surface area contributed by atoms with Crippen molar-refractivity contribution in [3.05, 3.63) is 89.7 Å². The van der Waals surface area contributed by atoms with Gasteiger partial charge in [-0.05, 0) is 30.3 Å². The van der Waals surface area contributed by atoms with Gasteiger partial charge in [0.05, 0.1) is 24.6 Å². The first-order valence-electron chi connectivity index (χ1n) is 11.9. The summed E-state index contributed by atoms with van der Waals surface area (Å²) in [6.07, 6.45) is -1.13. The van der Waals surface area contributed by atoms with E-state index in [1.807, 2.05) is 54.6 Å². The van der Waals surface area contributed by atoms with E-state index in [-0.39, 0.29) is 11.7 Å². The number of benzene rings is 3. The van der Waals surface area contributed by atoms with Gasteiger partial charge in [0, 0.05) is 35.5 Å². The Morgan fingerprint density at radius 1 is 0.919 bits per heavy atom. The van der Waals surface area contributed by atoms with Crippen molar-refractivity contribution in [1.82, 2.24) is 10.2 Å². The quantitative estimate of drug-likeness (QED) is 0.429. The lowest BCUT2D eigenvalue weighted by atomic mass is 10.0. The fourth-order valence-corrected chi connectivity index (χ4v) is 4.37. The third-order valence-electron chi connectivity index (χ3n) is 6.25. The highest BCUT2D eigenvalue weighted by atomic mass is 19.1. The number of nitrogens with zero attached hydrogens (tertiary/aromatic N) is 4. The smallest absolute Gasteiger partial charge is 0.317 e. The Kier molecular flexibility index (Phi) is 6.07. The molecule has 2 N–H and O–H groups in total. The van der Waals surface area contributed by atoms with Crippen molar-refractivity contribution in [2.75, 3.05) is 41.8 Å². The molecule has 1 amide bonds. The zero-order valence-corrected chi connectivity index (χ0v) is 19.7. The number of ether oxygens (including phenoxy) is 1. The van der Waals surface area contributed by atoms with Gasteiger partial charge in [0.1, 0.15) is 5.82 Å². The number of rotatable bonds is 5. The molecule has 186 valence electrons. The van der Waals surface area contributed by atoms with E-state index in [4.69, 9.17) is 9.15 Å². The van der Waals surface area contributed by atoms with E-state index in [1.165, 1.54) is 6.07 Å². The maximum atomic E-state index is 14.7. The minimum Gasteiger partial charge on any atom is -0.403 e. The van der Waals surface area contributed by atoms with Gasteiger partial charge in [0.15, 0.2) is 0 Å². The highest BCUT2D eigenvalue weighted by Gasteiger charge is 2.29. The third kappa shape index (κ3) is 4.66. The number of benzodiazepines with no additional fused rings is 1. The number of aliphatic imine (C=N–C) groups is 1. The molecule has 9 nitrogen and oxygen atoms in total. The van der Waals surface area contributed by atoms with Gasteiger partial charge in [0.25, 0.3) is 5.91 Å². The normalized spacial score (nSPS) is 17.4. The van der Waals surface area contributed by atoms with Crippen molar-refractivity contribution < 1.29 is 18.3 Å². The lowest BCUT2D eigenvalue weighted by Crippen LogP contribution is -2.36. The van der Waals surface area contributed by atoms with Gasteiger partial charge in [-0.2, -0.15) is 0 Å². The largest absolute Gasteiger partial charge is 0.403 e. The van der Waals surface area contributed by atoms with Gasteiger partial charge in [-0.25, -0.2) is 9.38 Å². The summed E-state index contributed by atoms with van der Waals surface area (Å²) < 4.78 is 25.9. The van der Waals surface area contributed by atoms with Gasteiger partial charge in [-0.1, -0.05) is 47.6 Å². The third-order valence-corrected chi connectivity index (χ3v) is 6.25. The van der Waals surface area contributed by atoms with Crippen LogP contribution in [0.4, 0.5) is 21.8 Å². The molecule has 1 atom stereocenters. The summed E-state index contributed by atoms with van der Waals surface area (Å²) in [6.45, 7) is 3.11. The number of amides is 1. The predicted molar refractivity (Wildman–Crippen MR) is 137 cm³/mol. The van der Waals surface area contributed by atoms with Crippen molar-refractivity contribution >= 4 is 29.0 Å². The first kappa shape index (κ1) is 22.9. The van der Waals surface area contributed by atoms with Crippen LogP contribution in [0.1, 0.15) is 11.1 Å². The summed E-state index contributed by atoms with van der Waals surface area (Å²) in [6, 6.07) is 21.7. The number of fused-ring (bicyclic) bond motifs is 1. The van der Waals surface area contributed by atoms with Crippen molar-refractivity contribution in [3.63, 3.8) is 0 Å². The minimum absolute atomic E-state index is 0.0231. The average Bonchev–Trinajstić information content (AvgIpc) is 3.36. The second-order valence-electron chi connectivity index (χ2n) is 8.60. The van der Waals surface area contributed by atoms with Gasteiger partial charge in [-0.3, -0.25) is 4.79 Å². The molecule has 10 heteroatoms. The average molecular weight is 499 g/mol. The fraction of sp³-hybridized carbons (Fsp3) is 0.185. The molecule has 37 heavy (non-hydrogen) atoms. The molecule has 0 aliphatic carbocycles. The summed E-state index contributed by atoms with van der Waals surface area (Å²) >= 11 is 0.